The molecule has 0 unspecified atom stereocenters. The summed E-state index contributed by atoms with van der Waals surface area (Å²) >= 11 is 0. The van der Waals surface area contributed by atoms with Crippen molar-refractivity contribution in [3.63, 3.8) is 0 Å². The fourth-order valence-corrected chi connectivity index (χ4v) is 3.34. The number of aromatic amines is 1. The third-order valence-corrected chi connectivity index (χ3v) is 4.34. The van der Waals surface area contributed by atoms with Crippen LogP contribution in [0.2, 0.25) is 0 Å². The summed E-state index contributed by atoms with van der Waals surface area (Å²) in [6.45, 7) is 0. The van der Waals surface area contributed by atoms with Crippen molar-refractivity contribution in [3.8, 4) is 0 Å². The highest BCUT2D eigenvalue weighted by Gasteiger charge is 2.11. The van der Waals surface area contributed by atoms with E-state index in [-0.39, 0.29) is 0 Å². The van der Waals surface area contributed by atoms with Gasteiger partial charge < -0.3 is 10.8 Å². The molecule has 0 spiro atoms. The van der Waals surface area contributed by atoms with E-state index >= 15 is 0 Å². The Morgan fingerprint density at radius 1 is 0.667 bits per heavy atom. The second-order valence-corrected chi connectivity index (χ2v) is 5.47. The zero-order valence-electron chi connectivity index (χ0n) is 11.3. The zero-order valence-corrected chi connectivity index (χ0v) is 11.3. The Bertz CT molecular complexity index is 1140. The molecule has 0 saturated heterocycles. The first-order valence-electron chi connectivity index (χ1n) is 7.01. The molecule has 3 heteroatoms. The van der Waals surface area contributed by atoms with Gasteiger partial charge in [-0.3, -0.25) is 4.68 Å². The predicted octanol–water partition coefficient (Wildman–Crippen LogP) is 4.14. The fraction of sp³-hybridized carbons (Fsp3) is 0. The maximum absolute atomic E-state index is 6.28. The average Bonchev–Trinajstić information content (AvgIpc) is 3.02. The van der Waals surface area contributed by atoms with Crippen LogP contribution in [0.25, 0.3) is 43.6 Å². The molecule has 5 rings (SSSR count). The van der Waals surface area contributed by atoms with Crippen molar-refractivity contribution in [1.82, 2.24) is 9.66 Å². The average molecular weight is 271 g/mol. The lowest BCUT2D eigenvalue weighted by molar-refractivity contribution is 1.12. The van der Waals surface area contributed by atoms with Crippen LogP contribution in [0.15, 0.2) is 60.7 Å². The molecule has 0 atom stereocenters. The van der Waals surface area contributed by atoms with Crippen LogP contribution >= 0.6 is 0 Å². The molecule has 0 fully saturated rings. The Morgan fingerprint density at radius 2 is 1.43 bits per heavy atom. The number of aromatic nitrogens is 2. The highest BCUT2D eigenvalue weighted by molar-refractivity contribution is 6.17. The van der Waals surface area contributed by atoms with Crippen LogP contribution in [0, 0.1) is 0 Å². The summed E-state index contributed by atoms with van der Waals surface area (Å²) in [5.41, 5.74) is 4.44. The summed E-state index contributed by atoms with van der Waals surface area (Å²) in [6.07, 6.45) is 0. The predicted molar refractivity (Wildman–Crippen MR) is 89.0 cm³/mol. The molecule has 2 aromatic heterocycles. The molecule has 0 amide bonds. The summed E-state index contributed by atoms with van der Waals surface area (Å²) < 4.78 is 1.78. The van der Waals surface area contributed by atoms with Gasteiger partial charge in [0.05, 0.1) is 11.0 Å². The quantitative estimate of drug-likeness (QED) is 0.408. The first kappa shape index (κ1) is 10.8. The van der Waals surface area contributed by atoms with Gasteiger partial charge in [0.1, 0.15) is 0 Å². The van der Waals surface area contributed by atoms with E-state index < -0.39 is 0 Å². The lowest BCUT2D eigenvalue weighted by Crippen LogP contribution is -2.06. The number of nitrogens with zero attached hydrogens (tertiary/aromatic N) is 1. The van der Waals surface area contributed by atoms with Crippen LogP contribution in [0.4, 0.5) is 0 Å². The molecule has 0 aliphatic carbocycles. The Morgan fingerprint density at radius 3 is 2.33 bits per heavy atom. The van der Waals surface area contributed by atoms with Crippen molar-refractivity contribution in [2.24, 2.45) is 0 Å². The molecule has 0 saturated carbocycles. The van der Waals surface area contributed by atoms with Crippen molar-refractivity contribution >= 4 is 43.6 Å². The number of para-hydroxylation sites is 2. The number of H-pyrrole nitrogens is 1. The normalized spacial score (nSPS) is 12.0. The molecule has 3 nitrogen and oxygen atoms in total. The topological polar surface area (TPSA) is 46.7 Å². The van der Waals surface area contributed by atoms with E-state index in [9.17, 15) is 0 Å². The Kier molecular flexibility index (Phi) is 1.84. The number of hydrogen-bond acceptors (Lipinski definition) is 1. The molecule has 0 radical (unpaired) electrons. The molecule has 21 heavy (non-hydrogen) atoms. The van der Waals surface area contributed by atoms with Gasteiger partial charge in [-0.05, 0) is 24.3 Å². The maximum atomic E-state index is 6.28. The molecule has 2 heterocycles. The first-order chi connectivity index (χ1) is 10.3. The van der Waals surface area contributed by atoms with Crippen LogP contribution in [0.5, 0.6) is 0 Å². The number of nitrogens with two attached hydrogens (primary N) is 1. The molecule has 3 aromatic carbocycles. The molecule has 0 aliphatic rings. The SMILES string of the molecule is Nn1c2ccccc2c2cc3[nH]c4ccccc4c3cc21. The summed E-state index contributed by atoms with van der Waals surface area (Å²) in [6, 6.07) is 21.0. The van der Waals surface area contributed by atoms with Crippen molar-refractivity contribution in [2.45, 2.75) is 0 Å². The zero-order chi connectivity index (χ0) is 14.0. The van der Waals surface area contributed by atoms with Crippen LogP contribution in [-0.2, 0) is 0 Å². The third kappa shape index (κ3) is 1.28. The maximum Gasteiger partial charge on any atom is 0.0711 e. The van der Waals surface area contributed by atoms with Gasteiger partial charge in [-0.1, -0.05) is 36.4 Å². The summed E-state index contributed by atoms with van der Waals surface area (Å²) in [5.74, 6) is 6.28. The molecule has 5 aromatic rings. The molecule has 100 valence electrons. The van der Waals surface area contributed by atoms with E-state index in [4.69, 9.17) is 5.84 Å². The van der Waals surface area contributed by atoms with E-state index in [1.165, 1.54) is 21.5 Å². The van der Waals surface area contributed by atoms with Crippen molar-refractivity contribution in [2.75, 3.05) is 5.84 Å². The lowest BCUT2D eigenvalue weighted by Gasteiger charge is -1.98. The van der Waals surface area contributed by atoms with Crippen LogP contribution < -0.4 is 5.84 Å². The Balaban J connectivity index is 2.08. The van der Waals surface area contributed by atoms with Gasteiger partial charge in [0, 0.05) is 32.6 Å². The minimum Gasteiger partial charge on any atom is -0.354 e. The lowest BCUT2D eigenvalue weighted by atomic mass is 10.1. The highest BCUT2D eigenvalue weighted by atomic mass is 15.3. The Labute approximate surface area is 120 Å². The van der Waals surface area contributed by atoms with Gasteiger partial charge in [0.2, 0.25) is 0 Å². The van der Waals surface area contributed by atoms with E-state index in [2.05, 4.69) is 59.6 Å². The van der Waals surface area contributed by atoms with Gasteiger partial charge >= 0.3 is 0 Å². The minimum absolute atomic E-state index is 1.06. The van der Waals surface area contributed by atoms with Crippen LogP contribution in [0.1, 0.15) is 0 Å². The summed E-state index contributed by atoms with van der Waals surface area (Å²) in [7, 11) is 0. The standard InChI is InChI=1S/C18H13N3/c19-21-17-8-4-2-6-12(17)14-9-16-13(10-18(14)21)11-5-1-3-7-15(11)20-16/h1-10,20H,19H2. The number of nitrogens with one attached hydrogen (secondary N) is 1. The van der Waals surface area contributed by atoms with Gasteiger partial charge in [-0.2, -0.15) is 0 Å². The monoisotopic (exact) mass is 271 g/mol. The molecule has 0 aliphatic heterocycles. The second kappa shape index (κ2) is 3.58. The van der Waals surface area contributed by atoms with Crippen molar-refractivity contribution < 1.29 is 0 Å². The number of nitrogen functional groups attached to an aromatic ring is 1. The minimum atomic E-state index is 1.06. The summed E-state index contributed by atoms with van der Waals surface area (Å²) in [4.78, 5) is 3.49. The number of benzene rings is 3. The van der Waals surface area contributed by atoms with Crippen molar-refractivity contribution in [3.05, 3.63) is 60.7 Å². The number of rotatable bonds is 0. The van der Waals surface area contributed by atoms with Crippen LogP contribution in [0.3, 0.4) is 0 Å². The van der Waals surface area contributed by atoms with Gasteiger partial charge in [0.25, 0.3) is 0 Å². The fourth-order valence-electron chi connectivity index (χ4n) is 3.34. The van der Waals surface area contributed by atoms with Gasteiger partial charge in [-0.15, -0.1) is 0 Å². The number of hydrogen-bond donors (Lipinski definition) is 2. The van der Waals surface area contributed by atoms with E-state index in [0.29, 0.717) is 0 Å². The molecule has 3 N–H and O–H groups in total. The van der Waals surface area contributed by atoms with Gasteiger partial charge in [-0.25, -0.2) is 0 Å². The first-order valence-corrected chi connectivity index (χ1v) is 7.01. The van der Waals surface area contributed by atoms with Crippen molar-refractivity contribution in [1.29, 1.82) is 0 Å². The summed E-state index contributed by atoms with van der Waals surface area (Å²) in [5, 5.41) is 4.83. The van der Waals surface area contributed by atoms with Gasteiger partial charge in [0.15, 0.2) is 0 Å². The van der Waals surface area contributed by atoms with E-state index in [1.54, 1.807) is 4.68 Å². The Hall–Kier alpha value is -2.94. The van der Waals surface area contributed by atoms with Crippen LogP contribution in [-0.4, -0.2) is 9.66 Å². The molecule has 0 bridgehead atoms. The molecular formula is C18H13N3. The third-order valence-electron chi connectivity index (χ3n) is 4.34. The van der Waals surface area contributed by atoms with E-state index in [0.717, 1.165) is 22.1 Å². The van der Waals surface area contributed by atoms with E-state index in [1.807, 2.05) is 6.07 Å². The molecular weight excluding hydrogens is 258 g/mol. The largest absolute Gasteiger partial charge is 0.354 e. The highest BCUT2D eigenvalue weighted by Crippen LogP contribution is 2.33. The number of fused-ring (bicyclic) bond motifs is 6. The smallest absolute Gasteiger partial charge is 0.0711 e. The second-order valence-electron chi connectivity index (χ2n) is 5.47.